The molecule has 1 saturated heterocycles. The van der Waals surface area contributed by atoms with E-state index in [-0.39, 0.29) is 24.8 Å². The predicted molar refractivity (Wildman–Crippen MR) is 78.4 cm³/mol. The smallest absolute Gasteiger partial charge is 0.255 e. The van der Waals surface area contributed by atoms with Crippen LogP contribution in [0.15, 0.2) is 12.1 Å². The molecule has 3 amide bonds. The van der Waals surface area contributed by atoms with Crippen LogP contribution in [0.25, 0.3) is 0 Å². The Hall–Kier alpha value is -2.88. The fourth-order valence-electron chi connectivity index (χ4n) is 2.98. The summed E-state index contributed by atoms with van der Waals surface area (Å²) in [5, 5.41) is 11.4. The van der Waals surface area contributed by atoms with Gasteiger partial charge in [0.1, 0.15) is 11.8 Å². The van der Waals surface area contributed by atoms with Crippen LogP contribution in [-0.4, -0.2) is 35.3 Å². The Bertz CT molecular complexity index is 750. The molecule has 1 aromatic rings. The Balaban J connectivity index is 1.95. The molecule has 1 atom stereocenters. The summed E-state index contributed by atoms with van der Waals surface area (Å²) in [6.07, 6.45) is 0.512. The van der Waals surface area contributed by atoms with E-state index in [1.807, 2.05) is 13.0 Å². The Kier molecular flexibility index (Phi) is 3.74. The fraction of sp³-hybridized carbons (Fsp3) is 0.375. The van der Waals surface area contributed by atoms with Crippen molar-refractivity contribution in [3.05, 3.63) is 28.8 Å². The van der Waals surface area contributed by atoms with Crippen molar-refractivity contribution in [3.63, 3.8) is 0 Å². The third-order valence-electron chi connectivity index (χ3n) is 4.04. The molecular weight excluding hydrogens is 298 g/mol. The van der Waals surface area contributed by atoms with E-state index in [9.17, 15) is 14.4 Å². The van der Waals surface area contributed by atoms with Crippen molar-refractivity contribution in [1.29, 1.82) is 5.26 Å². The van der Waals surface area contributed by atoms with E-state index in [1.165, 1.54) is 11.0 Å². The number of carbonyl (C=O) groups excluding carboxylic acids is 3. The zero-order valence-corrected chi connectivity index (χ0v) is 12.6. The topological polar surface area (TPSA) is 99.5 Å². The van der Waals surface area contributed by atoms with Crippen LogP contribution in [0.3, 0.4) is 0 Å². The van der Waals surface area contributed by atoms with Gasteiger partial charge in [0.2, 0.25) is 11.8 Å². The lowest BCUT2D eigenvalue weighted by Crippen LogP contribution is -2.52. The highest BCUT2D eigenvalue weighted by Crippen LogP contribution is 2.34. The molecule has 0 aromatic heterocycles. The van der Waals surface area contributed by atoms with Crippen molar-refractivity contribution in [2.24, 2.45) is 0 Å². The summed E-state index contributed by atoms with van der Waals surface area (Å²) in [7, 11) is 0. The second-order valence-electron chi connectivity index (χ2n) is 5.45. The Morgan fingerprint density at radius 1 is 1.39 bits per heavy atom. The summed E-state index contributed by atoms with van der Waals surface area (Å²) in [4.78, 5) is 37.4. The van der Waals surface area contributed by atoms with E-state index in [2.05, 4.69) is 5.32 Å². The van der Waals surface area contributed by atoms with Crippen LogP contribution >= 0.6 is 0 Å². The van der Waals surface area contributed by atoms with Gasteiger partial charge in [-0.25, -0.2) is 0 Å². The third kappa shape index (κ3) is 2.52. The van der Waals surface area contributed by atoms with E-state index in [0.29, 0.717) is 35.5 Å². The third-order valence-corrected chi connectivity index (χ3v) is 4.04. The minimum atomic E-state index is -0.674. The first kappa shape index (κ1) is 15.0. The van der Waals surface area contributed by atoms with E-state index < -0.39 is 11.9 Å². The molecule has 3 rings (SSSR count). The summed E-state index contributed by atoms with van der Waals surface area (Å²) in [6.45, 7) is 2.47. The number of nitriles is 1. The lowest BCUT2D eigenvalue weighted by atomic mass is 10.0. The second-order valence-corrected chi connectivity index (χ2v) is 5.45. The number of piperidine rings is 1. The molecule has 23 heavy (non-hydrogen) atoms. The fourth-order valence-corrected chi connectivity index (χ4v) is 2.98. The number of fused-ring (bicyclic) bond motifs is 1. The van der Waals surface area contributed by atoms with Gasteiger partial charge >= 0.3 is 0 Å². The molecule has 0 bridgehead atoms. The Labute approximate surface area is 132 Å². The van der Waals surface area contributed by atoms with Gasteiger partial charge in [0.15, 0.2) is 0 Å². The number of nitrogens with zero attached hydrogens (tertiary/aromatic N) is 2. The summed E-state index contributed by atoms with van der Waals surface area (Å²) < 4.78 is 5.53. The molecule has 1 aromatic carbocycles. The van der Waals surface area contributed by atoms with E-state index in [4.69, 9.17) is 10.00 Å². The zero-order chi connectivity index (χ0) is 16.6. The van der Waals surface area contributed by atoms with Crippen LogP contribution in [0.5, 0.6) is 5.75 Å². The molecule has 0 radical (unpaired) electrons. The molecule has 2 heterocycles. The molecule has 118 valence electrons. The largest absolute Gasteiger partial charge is 0.493 e. The molecule has 1 N–H and O–H groups in total. The summed E-state index contributed by atoms with van der Waals surface area (Å²) >= 11 is 0. The number of hydrogen-bond donors (Lipinski definition) is 1. The van der Waals surface area contributed by atoms with Gasteiger partial charge in [-0.05, 0) is 25.5 Å². The number of imide groups is 1. The van der Waals surface area contributed by atoms with Gasteiger partial charge in [0, 0.05) is 17.5 Å². The van der Waals surface area contributed by atoms with Gasteiger partial charge in [-0.3, -0.25) is 19.7 Å². The number of hydrogen-bond acceptors (Lipinski definition) is 5. The maximum atomic E-state index is 12.6. The minimum absolute atomic E-state index is 0.207. The van der Waals surface area contributed by atoms with Crippen LogP contribution < -0.4 is 10.1 Å². The molecule has 0 saturated carbocycles. The molecule has 2 aliphatic heterocycles. The number of nitrogens with one attached hydrogen (secondary N) is 1. The van der Waals surface area contributed by atoms with Crippen LogP contribution in [0.4, 0.5) is 0 Å². The SMILES string of the molecule is CCOc1cc(C#N)cc2c1CN(C1CCC(=O)NC1=O)C2=O. The van der Waals surface area contributed by atoms with E-state index >= 15 is 0 Å². The number of rotatable bonds is 3. The monoisotopic (exact) mass is 313 g/mol. The van der Waals surface area contributed by atoms with Crippen LogP contribution in [0.2, 0.25) is 0 Å². The molecule has 0 aliphatic carbocycles. The molecule has 7 heteroatoms. The normalized spacial score (nSPS) is 20.1. The van der Waals surface area contributed by atoms with Gasteiger partial charge in [0.05, 0.1) is 24.8 Å². The summed E-state index contributed by atoms with van der Waals surface area (Å²) in [5.41, 5.74) is 1.41. The second kappa shape index (κ2) is 5.72. The molecule has 2 aliphatic rings. The van der Waals surface area contributed by atoms with Gasteiger partial charge in [-0.15, -0.1) is 0 Å². The van der Waals surface area contributed by atoms with Gasteiger partial charge in [-0.1, -0.05) is 0 Å². The Morgan fingerprint density at radius 2 is 2.17 bits per heavy atom. The minimum Gasteiger partial charge on any atom is -0.493 e. The Morgan fingerprint density at radius 3 is 2.83 bits per heavy atom. The standard InChI is InChI=1S/C16H15N3O4/c1-2-23-13-6-9(7-17)5-10-11(13)8-19(16(10)22)12-3-4-14(20)18-15(12)21/h5-6,12H,2-4,8H2,1H3,(H,18,20,21). The molecule has 1 fully saturated rings. The van der Waals surface area contributed by atoms with E-state index in [0.717, 1.165) is 0 Å². The van der Waals surface area contributed by atoms with Crippen molar-refractivity contribution < 1.29 is 19.1 Å². The van der Waals surface area contributed by atoms with Gasteiger partial charge < -0.3 is 9.64 Å². The lowest BCUT2D eigenvalue weighted by molar-refractivity contribution is -0.136. The highest BCUT2D eigenvalue weighted by molar-refractivity contribution is 6.05. The lowest BCUT2D eigenvalue weighted by Gasteiger charge is -2.29. The predicted octanol–water partition coefficient (Wildman–Crippen LogP) is 0.718. The van der Waals surface area contributed by atoms with Gasteiger partial charge in [-0.2, -0.15) is 5.26 Å². The number of amides is 3. The zero-order valence-electron chi connectivity index (χ0n) is 12.6. The van der Waals surface area contributed by atoms with Gasteiger partial charge in [0.25, 0.3) is 5.91 Å². The van der Waals surface area contributed by atoms with Crippen molar-refractivity contribution in [2.45, 2.75) is 32.4 Å². The maximum absolute atomic E-state index is 12.6. The first-order valence-electron chi connectivity index (χ1n) is 7.39. The average Bonchev–Trinajstić information content (AvgIpc) is 2.85. The van der Waals surface area contributed by atoms with Crippen LogP contribution in [0, 0.1) is 11.3 Å². The number of ether oxygens (including phenoxy) is 1. The van der Waals surface area contributed by atoms with Crippen molar-refractivity contribution in [1.82, 2.24) is 10.2 Å². The first-order chi connectivity index (χ1) is 11.0. The van der Waals surface area contributed by atoms with Crippen molar-refractivity contribution >= 4 is 17.7 Å². The molecule has 1 unspecified atom stereocenters. The quantitative estimate of drug-likeness (QED) is 0.829. The molecule has 0 spiro atoms. The number of benzene rings is 1. The van der Waals surface area contributed by atoms with E-state index in [1.54, 1.807) is 6.07 Å². The molecule has 7 nitrogen and oxygen atoms in total. The van der Waals surface area contributed by atoms with Crippen molar-refractivity contribution in [3.8, 4) is 11.8 Å². The summed E-state index contributed by atoms with van der Waals surface area (Å²) in [5.74, 6) is -0.602. The highest BCUT2D eigenvalue weighted by Gasteiger charge is 2.40. The summed E-state index contributed by atoms with van der Waals surface area (Å²) in [6, 6.07) is 4.46. The average molecular weight is 313 g/mol. The van der Waals surface area contributed by atoms with Crippen LogP contribution in [0.1, 0.15) is 41.3 Å². The molecular formula is C16H15N3O4. The highest BCUT2D eigenvalue weighted by atomic mass is 16.5. The van der Waals surface area contributed by atoms with Crippen LogP contribution in [-0.2, 0) is 16.1 Å². The first-order valence-corrected chi connectivity index (χ1v) is 7.39. The number of carbonyl (C=O) groups is 3. The van der Waals surface area contributed by atoms with Crippen molar-refractivity contribution in [2.75, 3.05) is 6.61 Å². The maximum Gasteiger partial charge on any atom is 0.255 e.